The Kier molecular flexibility index (Phi) is 3.42. The van der Waals surface area contributed by atoms with E-state index >= 15 is 0 Å². The number of fused-ring (bicyclic) bond motifs is 1. The normalized spacial score (nSPS) is 14.8. The summed E-state index contributed by atoms with van der Waals surface area (Å²) < 4.78 is 1.16. The topological polar surface area (TPSA) is 3.24 Å². The van der Waals surface area contributed by atoms with Gasteiger partial charge in [0.2, 0.25) is 0 Å². The van der Waals surface area contributed by atoms with Crippen LogP contribution in [0.1, 0.15) is 16.7 Å². The molecule has 3 rings (SSSR count). The molecular formula is C15H13BrClN. The van der Waals surface area contributed by atoms with Crippen LogP contribution in [0.5, 0.6) is 0 Å². The Morgan fingerprint density at radius 2 is 1.72 bits per heavy atom. The van der Waals surface area contributed by atoms with Crippen molar-refractivity contribution in [3.63, 3.8) is 0 Å². The zero-order chi connectivity index (χ0) is 12.5. The third-order valence-corrected chi connectivity index (χ3v) is 4.43. The maximum Gasteiger partial charge on any atom is 0.0455 e. The maximum atomic E-state index is 6.26. The fourth-order valence-electron chi connectivity index (χ4n) is 2.43. The van der Waals surface area contributed by atoms with Gasteiger partial charge in [-0.25, -0.2) is 0 Å². The predicted molar refractivity (Wildman–Crippen MR) is 78.5 cm³/mol. The van der Waals surface area contributed by atoms with Gasteiger partial charge in [-0.1, -0.05) is 57.9 Å². The Labute approximate surface area is 121 Å². The van der Waals surface area contributed by atoms with E-state index in [2.05, 4.69) is 51.2 Å². The number of hydrogen-bond acceptors (Lipinski definition) is 1. The predicted octanol–water partition coefficient (Wildman–Crippen LogP) is 4.62. The van der Waals surface area contributed by atoms with Crippen LogP contribution in [0.2, 0.25) is 5.02 Å². The summed E-state index contributed by atoms with van der Waals surface area (Å²) in [5.41, 5.74) is 3.94. The van der Waals surface area contributed by atoms with Crippen LogP contribution < -0.4 is 0 Å². The highest BCUT2D eigenvalue weighted by Crippen LogP contribution is 2.34. The Morgan fingerprint density at radius 1 is 1.00 bits per heavy atom. The summed E-state index contributed by atoms with van der Waals surface area (Å²) in [5.74, 6) is 0. The van der Waals surface area contributed by atoms with Gasteiger partial charge in [0.15, 0.2) is 0 Å². The van der Waals surface area contributed by atoms with Crippen molar-refractivity contribution in [2.24, 2.45) is 0 Å². The molecule has 1 aliphatic rings. The minimum atomic E-state index is 0.878. The summed E-state index contributed by atoms with van der Waals surface area (Å²) in [6.07, 6.45) is 0. The molecule has 0 aromatic heterocycles. The minimum Gasteiger partial charge on any atom is -0.290 e. The van der Waals surface area contributed by atoms with Crippen molar-refractivity contribution in [1.29, 1.82) is 0 Å². The summed E-state index contributed by atoms with van der Waals surface area (Å²) in [4.78, 5) is 2.41. The molecule has 2 aromatic carbocycles. The van der Waals surface area contributed by atoms with Crippen molar-refractivity contribution in [3.05, 3.63) is 68.7 Å². The van der Waals surface area contributed by atoms with Gasteiger partial charge < -0.3 is 0 Å². The molecule has 0 saturated carbocycles. The molecule has 1 nitrogen and oxygen atoms in total. The number of hydrogen-bond donors (Lipinski definition) is 0. The second kappa shape index (κ2) is 5.04. The molecule has 2 aromatic rings. The van der Waals surface area contributed by atoms with Gasteiger partial charge in [-0.15, -0.1) is 0 Å². The van der Waals surface area contributed by atoms with Crippen LogP contribution in [-0.4, -0.2) is 4.90 Å². The number of nitrogens with zero attached hydrogens (tertiary/aromatic N) is 1. The number of halogens is 2. The van der Waals surface area contributed by atoms with Crippen LogP contribution in [-0.2, 0) is 19.6 Å². The van der Waals surface area contributed by atoms with Gasteiger partial charge in [0.25, 0.3) is 0 Å². The second-order valence-corrected chi connectivity index (χ2v) is 5.88. The highest BCUT2D eigenvalue weighted by Gasteiger charge is 2.23. The van der Waals surface area contributed by atoms with Gasteiger partial charge >= 0.3 is 0 Å². The summed E-state index contributed by atoms with van der Waals surface area (Å²) in [7, 11) is 0. The molecular weight excluding hydrogens is 310 g/mol. The highest BCUT2D eigenvalue weighted by atomic mass is 79.9. The molecule has 0 unspecified atom stereocenters. The summed E-state index contributed by atoms with van der Waals surface area (Å²) in [6, 6.07) is 14.6. The van der Waals surface area contributed by atoms with E-state index < -0.39 is 0 Å². The molecule has 0 radical (unpaired) electrons. The van der Waals surface area contributed by atoms with Gasteiger partial charge in [-0.3, -0.25) is 4.90 Å². The molecule has 0 aliphatic carbocycles. The van der Waals surface area contributed by atoms with Crippen LogP contribution in [0, 0.1) is 0 Å². The van der Waals surface area contributed by atoms with E-state index in [9.17, 15) is 0 Å². The van der Waals surface area contributed by atoms with Crippen LogP contribution in [0.3, 0.4) is 0 Å². The van der Waals surface area contributed by atoms with Gasteiger partial charge in [0.1, 0.15) is 0 Å². The summed E-state index contributed by atoms with van der Waals surface area (Å²) in [5, 5.41) is 0.878. The van der Waals surface area contributed by atoms with E-state index in [0.717, 1.165) is 29.1 Å². The quantitative estimate of drug-likeness (QED) is 0.780. The molecule has 0 amide bonds. The van der Waals surface area contributed by atoms with E-state index in [1.54, 1.807) is 0 Å². The molecule has 92 valence electrons. The summed E-state index contributed by atoms with van der Waals surface area (Å²) >= 11 is 9.87. The van der Waals surface area contributed by atoms with Crippen LogP contribution in [0.4, 0.5) is 0 Å². The molecule has 0 fully saturated rings. The van der Waals surface area contributed by atoms with Crippen LogP contribution in [0.15, 0.2) is 46.9 Å². The molecule has 0 atom stereocenters. The first-order valence-corrected chi connectivity index (χ1v) is 7.13. The summed E-state index contributed by atoms with van der Waals surface area (Å²) in [6.45, 7) is 2.87. The molecule has 0 N–H and O–H groups in total. The number of rotatable bonds is 2. The Balaban J connectivity index is 1.81. The first-order chi connectivity index (χ1) is 8.74. The average molecular weight is 323 g/mol. The molecule has 0 spiro atoms. The second-order valence-electron chi connectivity index (χ2n) is 4.62. The van der Waals surface area contributed by atoms with Crippen molar-refractivity contribution in [3.8, 4) is 0 Å². The maximum absolute atomic E-state index is 6.26. The Morgan fingerprint density at radius 3 is 2.44 bits per heavy atom. The molecule has 3 heteroatoms. The van der Waals surface area contributed by atoms with E-state index in [-0.39, 0.29) is 0 Å². The Bertz CT molecular complexity index is 537. The monoisotopic (exact) mass is 321 g/mol. The lowest BCUT2D eigenvalue weighted by Gasteiger charge is -2.14. The molecule has 18 heavy (non-hydrogen) atoms. The third-order valence-electron chi connectivity index (χ3n) is 3.33. The van der Waals surface area contributed by atoms with Gasteiger partial charge in [-0.2, -0.15) is 0 Å². The largest absolute Gasteiger partial charge is 0.290 e. The van der Waals surface area contributed by atoms with Crippen molar-refractivity contribution >= 4 is 27.5 Å². The fraction of sp³-hybridized carbons (Fsp3) is 0.200. The SMILES string of the molecule is Clc1ccc(Br)c2c1CN(Cc1ccccc1)C2. The molecule has 1 heterocycles. The Hall–Kier alpha value is -0.830. The van der Waals surface area contributed by atoms with E-state index in [1.165, 1.54) is 16.7 Å². The van der Waals surface area contributed by atoms with Crippen molar-refractivity contribution < 1.29 is 0 Å². The number of benzene rings is 2. The fourth-order valence-corrected chi connectivity index (χ4v) is 3.17. The zero-order valence-corrected chi connectivity index (χ0v) is 12.2. The zero-order valence-electron chi connectivity index (χ0n) is 9.87. The van der Waals surface area contributed by atoms with Gasteiger partial charge in [0, 0.05) is 29.1 Å². The van der Waals surface area contributed by atoms with Gasteiger partial charge in [-0.05, 0) is 28.8 Å². The molecule has 0 saturated heterocycles. The first kappa shape index (κ1) is 12.2. The highest BCUT2D eigenvalue weighted by molar-refractivity contribution is 9.10. The van der Waals surface area contributed by atoms with Crippen LogP contribution in [0.25, 0.3) is 0 Å². The van der Waals surface area contributed by atoms with E-state index in [4.69, 9.17) is 11.6 Å². The molecule has 1 aliphatic heterocycles. The van der Waals surface area contributed by atoms with Crippen LogP contribution >= 0.6 is 27.5 Å². The standard InChI is InChI=1S/C15H13BrClN/c16-14-6-7-15(17)13-10-18(9-12(13)14)8-11-4-2-1-3-5-11/h1-7H,8-10H2. The first-order valence-electron chi connectivity index (χ1n) is 5.96. The van der Waals surface area contributed by atoms with E-state index in [0.29, 0.717) is 0 Å². The van der Waals surface area contributed by atoms with Crippen molar-refractivity contribution in [2.45, 2.75) is 19.6 Å². The minimum absolute atomic E-state index is 0.878. The molecule has 0 bridgehead atoms. The van der Waals surface area contributed by atoms with E-state index in [1.807, 2.05) is 12.1 Å². The lowest BCUT2D eigenvalue weighted by molar-refractivity contribution is 0.275. The lowest BCUT2D eigenvalue weighted by atomic mass is 10.1. The van der Waals surface area contributed by atoms with Crippen molar-refractivity contribution in [1.82, 2.24) is 4.90 Å². The lowest BCUT2D eigenvalue weighted by Crippen LogP contribution is -2.15. The smallest absolute Gasteiger partial charge is 0.0455 e. The average Bonchev–Trinajstić information content (AvgIpc) is 2.80. The third kappa shape index (κ3) is 2.33. The van der Waals surface area contributed by atoms with Gasteiger partial charge in [0.05, 0.1) is 0 Å². The van der Waals surface area contributed by atoms with Crippen molar-refractivity contribution in [2.75, 3.05) is 0 Å².